The van der Waals surface area contributed by atoms with E-state index >= 15 is 0 Å². The van der Waals surface area contributed by atoms with Gasteiger partial charge in [-0.25, -0.2) is 4.79 Å². The second-order valence-corrected chi connectivity index (χ2v) is 7.52. The maximum absolute atomic E-state index is 11.8. The third-order valence-electron chi connectivity index (χ3n) is 3.36. The number of nitrogens with two attached hydrogens (primary N) is 1. The van der Waals surface area contributed by atoms with Gasteiger partial charge < -0.3 is 10.8 Å². The first-order valence-electron chi connectivity index (χ1n) is 6.28. The molecule has 0 bridgehead atoms. The van der Waals surface area contributed by atoms with Crippen LogP contribution in [0.15, 0.2) is 21.3 Å². The Balaban J connectivity index is 1.81. The summed E-state index contributed by atoms with van der Waals surface area (Å²) in [5, 5.41) is 21.2. The minimum atomic E-state index is -1.09. The standard InChI is InChI=1S/C11H13N5O3S3/c1-20-7-8(14-15-13-7)21-2-4-3-22-10-5(12)9(17)16(10)6(4)11(18)19/h5,10H,2-3,12H2,1H3,(H,18,19)(H,13,14,15)/t5?,10-/m0/s1. The number of β-lactam (4-membered cyclic amide) rings is 1. The van der Waals surface area contributed by atoms with Gasteiger partial charge in [-0.15, -0.1) is 28.6 Å². The van der Waals surface area contributed by atoms with E-state index in [0.717, 1.165) is 10.1 Å². The Morgan fingerprint density at radius 3 is 3.09 bits per heavy atom. The highest BCUT2D eigenvalue weighted by Gasteiger charge is 2.51. The molecule has 1 aromatic heterocycles. The molecule has 0 radical (unpaired) electrons. The number of carbonyl (C=O) groups excluding carboxylic acids is 1. The highest BCUT2D eigenvalue weighted by Crippen LogP contribution is 2.41. The van der Waals surface area contributed by atoms with E-state index in [1.165, 1.54) is 40.2 Å². The van der Waals surface area contributed by atoms with Crippen LogP contribution in [0.1, 0.15) is 0 Å². The second kappa shape index (κ2) is 6.14. The van der Waals surface area contributed by atoms with Crippen LogP contribution in [-0.4, -0.2) is 66.5 Å². The van der Waals surface area contributed by atoms with Gasteiger partial charge >= 0.3 is 5.97 Å². The molecular formula is C11H13N5O3S3. The van der Waals surface area contributed by atoms with Crippen LogP contribution in [0.25, 0.3) is 0 Å². The van der Waals surface area contributed by atoms with Gasteiger partial charge in [0.15, 0.2) is 5.03 Å². The first kappa shape index (κ1) is 15.7. The molecule has 4 N–H and O–H groups in total. The Kier molecular flexibility index (Phi) is 4.39. The van der Waals surface area contributed by atoms with E-state index in [4.69, 9.17) is 5.73 Å². The SMILES string of the molecule is CSc1[nH]nnc1SCC1=C(C(=O)O)N2C(=O)C(N)[C@@H]2SC1. The Hall–Kier alpha value is -1.17. The van der Waals surface area contributed by atoms with Gasteiger partial charge in [0.2, 0.25) is 5.91 Å². The molecule has 1 fully saturated rings. The van der Waals surface area contributed by atoms with E-state index in [2.05, 4.69) is 15.4 Å². The number of hydrogen-bond donors (Lipinski definition) is 3. The number of nitrogens with one attached hydrogen (secondary N) is 1. The highest BCUT2D eigenvalue weighted by atomic mass is 32.2. The van der Waals surface area contributed by atoms with Gasteiger partial charge in [0.05, 0.1) is 0 Å². The third-order valence-corrected chi connectivity index (χ3v) is 6.60. The maximum Gasteiger partial charge on any atom is 0.352 e. The van der Waals surface area contributed by atoms with Crippen molar-refractivity contribution in [2.45, 2.75) is 21.5 Å². The molecule has 0 aliphatic carbocycles. The summed E-state index contributed by atoms with van der Waals surface area (Å²) < 4.78 is 0. The van der Waals surface area contributed by atoms with Crippen LogP contribution >= 0.6 is 35.3 Å². The zero-order valence-electron chi connectivity index (χ0n) is 11.5. The number of hydrogen-bond acceptors (Lipinski definition) is 8. The predicted molar refractivity (Wildman–Crippen MR) is 84.6 cm³/mol. The van der Waals surface area contributed by atoms with Crippen LogP contribution < -0.4 is 5.73 Å². The van der Waals surface area contributed by atoms with Gasteiger partial charge in [0.1, 0.15) is 22.1 Å². The van der Waals surface area contributed by atoms with Crippen molar-refractivity contribution >= 4 is 47.2 Å². The molecule has 3 rings (SSSR count). The number of fused-ring (bicyclic) bond motifs is 1. The molecule has 0 saturated carbocycles. The lowest BCUT2D eigenvalue weighted by molar-refractivity contribution is -0.147. The first-order valence-corrected chi connectivity index (χ1v) is 9.54. The van der Waals surface area contributed by atoms with E-state index in [9.17, 15) is 14.7 Å². The van der Waals surface area contributed by atoms with Gasteiger partial charge in [0.25, 0.3) is 0 Å². The Morgan fingerprint density at radius 2 is 2.41 bits per heavy atom. The average Bonchev–Trinajstić information content (AvgIpc) is 2.98. The van der Waals surface area contributed by atoms with E-state index in [0.29, 0.717) is 17.1 Å². The third kappa shape index (κ3) is 2.51. The number of carboxylic acid groups (broad SMARTS) is 1. The lowest BCUT2D eigenvalue weighted by Crippen LogP contribution is -2.68. The summed E-state index contributed by atoms with van der Waals surface area (Å²) in [6, 6.07) is -0.604. The van der Waals surface area contributed by atoms with Crippen LogP contribution in [0.3, 0.4) is 0 Å². The summed E-state index contributed by atoms with van der Waals surface area (Å²) in [6.07, 6.45) is 1.91. The van der Waals surface area contributed by atoms with Crippen molar-refractivity contribution in [3.05, 3.63) is 11.3 Å². The predicted octanol–water partition coefficient (Wildman–Crippen LogP) is 0.200. The number of aromatic nitrogens is 3. The van der Waals surface area contributed by atoms with E-state index in [1.54, 1.807) is 0 Å². The van der Waals surface area contributed by atoms with Crippen LogP contribution in [0.5, 0.6) is 0 Å². The molecule has 1 saturated heterocycles. The number of aliphatic carboxylic acids is 1. The Morgan fingerprint density at radius 1 is 1.64 bits per heavy atom. The van der Waals surface area contributed by atoms with Crippen LogP contribution in [0.2, 0.25) is 0 Å². The smallest absolute Gasteiger partial charge is 0.352 e. The van der Waals surface area contributed by atoms with Gasteiger partial charge in [-0.1, -0.05) is 17.0 Å². The molecule has 3 heterocycles. The van der Waals surface area contributed by atoms with Crippen LogP contribution in [-0.2, 0) is 9.59 Å². The van der Waals surface area contributed by atoms with Gasteiger partial charge in [0, 0.05) is 11.5 Å². The number of carbonyl (C=O) groups is 2. The average molecular weight is 359 g/mol. The maximum atomic E-state index is 11.8. The van der Waals surface area contributed by atoms with E-state index in [-0.39, 0.29) is 17.0 Å². The summed E-state index contributed by atoms with van der Waals surface area (Å²) in [7, 11) is 0. The largest absolute Gasteiger partial charge is 0.477 e. The Labute approximate surface area is 138 Å². The highest BCUT2D eigenvalue weighted by molar-refractivity contribution is 8.02. The molecule has 0 spiro atoms. The molecule has 118 valence electrons. The fourth-order valence-corrected chi connectivity index (χ4v) is 5.30. The van der Waals surface area contributed by atoms with Crippen molar-refractivity contribution in [3.63, 3.8) is 0 Å². The Bertz CT molecular complexity index is 661. The minimum absolute atomic E-state index is 0.0668. The van der Waals surface area contributed by atoms with Crippen LogP contribution in [0.4, 0.5) is 0 Å². The molecule has 2 atom stereocenters. The number of thioether (sulfide) groups is 3. The van der Waals surface area contributed by atoms with E-state index in [1.807, 2.05) is 6.26 Å². The van der Waals surface area contributed by atoms with Gasteiger partial charge in [-0.3, -0.25) is 14.8 Å². The van der Waals surface area contributed by atoms with Crippen LogP contribution in [0, 0.1) is 0 Å². The van der Waals surface area contributed by atoms with Crippen molar-refractivity contribution in [1.82, 2.24) is 20.3 Å². The fraction of sp³-hybridized carbons (Fsp3) is 0.455. The molecule has 1 unspecified atom stereocenters. The molecular weight excluding hydrogens is 346 g/mol. The molecule has 8 nitrogen and oxygen atoms in total. The number of nitrogens with zero attached hydrogens (tertiary/aromatic N) is 3. The van der Waals surface area contributed by atoms with Crippen molar-refractivity contribution in [1.29, 1.82) is 0 Å². The molecule has 11 heteroatoms. The lowest BCUT2D eigenvalue weighted by Gasteiger charge is -2.48. The number of carboxylic acids is 1. The summed E-state index contributed by atoms with van der Waals surface area (Å²) >= 11 is 4.39. The first-order chi connectivity index (χ1) is 10.5. The van der Waals surface area contributed by atoms with Crippen molar-refractivity contribution in [2.24, 2.45) is 5.73 Å². The second-order valence-electron chi connectivity index (χ2n) is 4.63. The normalized spacial score (nSPS) is 24.3. The van der Waals surface area contributed by atoms with Gasteiger partial charge in [-0.05, 0) is 11.8 Å². The summed E-state index contributed by atoms with van der Waals surface area (Å²) in [6.45, 7) is 0. The molecule has 1 amide bonds. The minimum Gasteiger partial charge on any atom is -0.477 e. The lowest BCUT2D eigenvalue weighted by atomic mass is 10.0. The summed E-state index contributed by atoms with van der Waals surface area (Å²) in [5.41, 5.74) is 6.49. The summed E-state index contributed by atoms with van der Waals surface area (Å²) in [4.78, 5) is 24.7. The number of H-pyrrole nitrogens is 1. The molecule has 0 aromatic carbocycles. The summed E-state index contributed by atoms with van der Waals surface area (Å²) in [5.74, 6) is -0.432. The zero-order chi connectivity index (χ0) is 15.9. The molecule has 2 aliphatic heterocycles. The van der Waals surface area contributed by atoms with Crippen molar-refractivity contribution < 1.29 is 14.7 Å². The van der Waals surface area contributed by atoms with E-state index < -0.39 is 12.0 Å². The quantitative estimate of drug-likeness (QED) is 0.499. The number of aromatic amines is 1. The van der Waals surface area contributed by atoms with Gasteiger partial charge in [-0.2, -0.15) is 0 Å². The molecule has 2 aliphatic rings. The van der Waals surface area contributed by atoms with Crippen molar-refractivity contribution in [2.75, 3.05) is 17.8 Å². The fourth-order valence-electron chi connectivity index (χ4n) is 2.28. The zero-order valence-corrected chi connectivity index (χ0v) is 13.9. The number of rotatable bonds is 5. The molecule has 1 aromatic rings. The molecule has 22 heavy (non-hydrogen) atoms. The number of amides is 1. The topological polar surface area (TPSA) is 125 Å². The van der Waals surface area contributed by atoms with Crippen molar-refractivity contribution in [3.8, 4) is 0 Å². The monoisotopic (exact) mass is 359 g/mol.